The number of ether oxygens (including phenoxy) is 2. The quantitative estimate of drug-likeness (QED) is 0.0696. The first-order valence-electron chi connectivity index (χ1n) is 20.5. The largest absolute Gasteiger partial charge is 0.508 e. The van der Waals surface area contributed by atoms with Crippen LogP contribution in [-0.2, 0) is 19.3 Å². The summed E-state index contributed by atoms with van der Waals surface area (Å²) in [5, 5.41) is 58.6. The SMILES string of the molecule is C=C(C)CCC(Cc1c(O)c(Cc2c(O)c(CC(CCC(=C)C)C(=C)C)c3c(c2O)C(=O)CC(c2ccc(O)cc2)O3)c(O)c2c1OC(c1ccccc1)CC2=O)C(=C)C. The lowest BCUT2D eigenvalue weighted by molar-refractivity contribution is 0.0831. The number of phenols is 5. The first-order valence-corrected chi connectivity index (χ1v) is 20.5. The molecule has 4 aromatic carbocycles. The minimum Gasteiger partial charge on any atom is -0.508 e. The number of ketones is 2. The topological polar surface area (TPSA) is 154 Å². The second-order valence-electron chi connectivity index (χ2n) is 16.8. The zero-order valence-electron chi connectivity index (χ0n) is 35.1. The molecule has 314 valence electrons. The van der Waals surface area contributed by atoms with Crippen molar-refractivity contribution in [3.63, 3.8) is 0 Å². The normalized spacial score (nSPS) is 16.8. The van der Waals surface area contributed by atoms with E-state index in [1.807, 2.05) is 58.0 Å². The molecule has 0 bridgehead atoms. The number of aromatic hydroxyl groups is 5. The van der Waals surface area contributed by atoms with Gasteiger partial charge in [-0.2, -0.15) is 0 Å². The van der Waals surface area contributed by atoms with E-state index in [-0.39, 0.29) is 99.6 Å². The first-order chi connectivity index (χ1) is 28.5. The maximum atomic E-state index is 14.2. The molecule has 0 saturated heterocycles. The van der Waals surface area contributed by atoms with Gasteiger partial charge in [0.15, 0.2) is 11.6 Å². The molecule has 60 heavy (non-hydrogen) atoms. The van der Waals surface area contributed by atoms with Gasteiger partial charge < -0.3 is 35.0 Å². The van der Waals surface area contributed by atoms with E-state index in [1.165, 1.54) is 12.1 Å². The summed E-state index contributed by atoms with van der Waals surface area (Å²) in [7, 11) is 0. The van der Waals surface area contributed by atoms with Crippen LogP contribution in [0.3, 0.4) is 0 Å². The molecule has 0 fully saturated rings. The number of Topliss-reactive ketones (excluding diaryl/α,β-unsaturated/α-hetero) is 2. The van der Waals surface area contributed by atoms with Crippen LogP contribution in [0.5, 0.6) is 40.2 Å². The summed E-state index contributed by atoms with van der Waals surface area (Å²) in [4.78, 5) is 28.3. The molecule has 0 aromatic heterocycles. The van der Waals surface area contributed by atoms with Crippen molar-refractivity contribution in [2.24, 2.45) is 11.8 Å². The van der Waals surface area contributed by atoms with Crippen LogP contribution < -0.4 is 9.47 Å². The van der Waals surface area contributed by atoms with Gasteiger partial charge in [0, 0.05) is 28.7 Å². The second-order valence-corrected chi connectivity index (χ2v) is 16.8. The highest BCUT2D eigenvalue weighted by Crippen LogP contribution is 2.54. The van der Waals surface area contributed by atoms with E-state index in [0.717, 1.165) is 27.9 Å². The third-order valence-corrected chi connectivity index (χ3v) is 11.9. The van der Waals surface area contributed by atoms with Crippen molar-refractivity contribution in [3.05, 3.63) is 148 Å². The lowest BCUT2D eigenvalue weighted by Crippen LogP contribution is -2.24. The van der Waals surface area contributed by atoms with E-state index < -0.39 is 41.7 Å². The van der Waals surface area contributed by atoms with Crippen molar-refractivity contribution in [2.75, 3.05) is 0 Å². The van der Waals surface area contributed by atoms with Crippen LogP contribution in [-0.4, -0.2) is 37.1 Å². The highest BCUT2D eigenvalue weighted by Gasteiger charge is 2.40. The fourth-order valence-electron chi connectivity index (χ4n) is 8.31. The molecule has 2 aliphatic heterocycles. The van der Waals surface area contributed by atoms with E-state index in [2.05, 4.69) is 26.3 Å². The molecule has 0 saturated carbocycles. The summed E-state index contributed by atoms with van der Waals surface area (Å²) < 4.78 is 13.0. The molecule has 4 atom stereocenters. The number of allylic oxidation sites excluding steroid dienone is 4. The fraction of sp³-hybridized carbons (Fsp3) is 0.333. The van der Waals surface area contributed by atoms with Crippen molar-refractivity contribution in [1.82, 2.24) is 0 Å². The minimum absolute atomic E-state index is 0.0292. The Bertz CT molecular complexity index is 2370. The molecule has 2 heterocycles. The standard InChI is InChI=1S/C51H56O9/c1-27(2)14-16-33(29(5)6)22-38-46(55)36(48(57)44-40(53)25-42(59-50(38)44)31-12-10-9-11-13-31)24-37-47(56)39(23-34(30(7)8)17-15-28(3)4)51-45(49(37)58)41(54)26-43(60-51)32-18-20-35(52)21-19-32/h9-13,18-21,33-34,42-43,52,55-58H,1,3,5,7,14-17,22-26H2,2,4,6,8H3. The molecule has 0 radical (unpaired) electrons. The van der Waals surface area contributed by atoms with Crippen LogP contribution in [0.4, 0.5) is 0 Å². The summed E-state index contributed by atoms with van der Waals surface area (Å²) in [5.41, 5.74) is 5.09. The Morgan fingerprint density at radius 3 is 1.37 bits per heavy atom. The van der Waals surface area contributed by atoms with Gasteiger partial charge in [0.1, 0.15) is 63.6 Å². The first kappa shape index (κ1) is 43.4. The average Bonchev–Trinajstić information content (AvgIpc) is 3.19. The molecule has 0 spiro atoms. The Kier molecular flexibility index (Phi) is 13.0. The number of carbonyl (C=O) groups excluding carboxylic acids is 2. The molecule has 0 aliphatic carbocycles. The van der Waals surface area contributed by atoms with Crippen LogP contribution in [0.15, 0.2) is 103 Å². The van der Waals surface area contributed by atoms with Crippen molar-refractivity contribution < 1.29 is 44.6 Å². The third kappa shape index (κ3) is 9.00. The van der Waals surface area contributed by atoms with E-state index in [9.17, 15) is 35.1 Å². The number of rotatable bonds is 16. The highest BCUT2D eigenvalue weighted by atomic mass is 16.5. The lowest BCUT2D eigenvalue weighted by atomic mass is 9.81. The minimum atomic E-state index is -0.777. The number of carbonyl (C=O) groups is 2. The Morgan fingerprint density at radius 1 is 0.583 bits per heavy atom. The monoisotopic (exact) mass is 812 g/mol. The van der Waals surface area contributed by atoms with Crippen LogP contribution in [0, 0.1) is 11.8 Å². The van der Waals surface area contributed by atoms with Crippen molar-refractivity contribution in [2.45, 2.75) is 97.7 Å². The van der Waals surface area contributed by atoms with Gasteiger partial charge in [-0.15, -0.1) is 13.2 Å². The molecule has 6 rings (SSSR count). The van der Waals surface area contributed by atoms with Crippen LogP contribution in [0.2, 0.25) is 0 Å². The second kappa shape index (κ2) is 18.0. The van der Waals surface area contributed by atoms with E-state index in [1.54, 1.807) is 12.1 Å². The van der Waals surface area contributed by atoms with Crippen molar-refractivity contribution >= 4 is 11.6 Å². The molecular weight excluding hydrogens is 757 g/mol. The van der Waals surface area contributed by atoms with E-state index >= 15 is 0 Å². The average molecular weight is 813 g/mol. The molecule has 9 heteroatoms. The number of hydrogen-bond donors (Lipinski definition) is 5. The Hall–Kier alpha value is -6.22. The predicted molar refractivity (Wildman–Crippen MR) is 234 cm³/mol. The number of hydrogen-bond acceptors (Lipinski definition) is 9. The van der Waals surface area contributed by atoms with Gasteiger partial charge in [-0.25, -0.2) is 0 Å². The van der Waals surface area contributed by atoms with Crippen molar-refractivity contribution in [3.8, 4) is 40.2 Å². The summed E-state index contributed by atoms with van der Waals surface area (Å²) in [6, 6.07) is 15.6. The third-order valence-electron chi connectivity index (χ3n) is 11.9. The lowest BCUT2D eigenvalue weighted by Gasteiger charge is -2.32. The number of phenolic OH excluding ortho intramolecular Hbond substituents is 5. The van der Waals surface area contributed by atoms with Crippen LogP contribution in [0.25, 0.3) is 0 Å². The maximum Gasteiger partial charge on any atom is 0.174 e. The van der Waals surface area contributed by atoms with Gasteiger partial charge in [0.05, 0.1) is 12.8 Å². The Labute approximate surface area is 352 Å². The Balaban J connectivity index is 1.54. The zero-order valence-corrected chi connectivity index (χ0v) is 35.1. The van der Waals surface area contributed by atoms with E-state index in [0.29, 0.717) is 31.2 Å². The number of benzene rings is 4. The van der Waals surface area contributed by atoms with Gasteiger partial charge in [0.2, 0.25) is 0 Å². The Morgan fingerprint density at radius 2 is 0.983 bits per heavy atom. The van der Waals surface area contributed by atoms with E-state index in [4.69, 9.17) is 9.47 Å². The van der Waals surface area contributed by atoms with Gasteiger partial charge in [-0.3, -0.25) is 9.59 Å². The van der Waals surface area contributed by atoms with Crippen LogP contribution >= 0.6 is 0 Å². The summed E-state index contributed by atoms with van der Waals surface area (Å²) in [6.45, 7) is 24.2. The molecule has 4 aromatic rings. The molecule has 9 nitrogen and oxygen atoms in total. The van der Waals surface area contributed by atoms with Gasteiger partial charge in [0.25, 0.3) is 0 Å². The predicted octanol–water partition coefficient (Wildman–Crippen LogP) is 11.4. The summed E-state index contributed by atoms with van der Waals surface area (Å²) in [5.74, 6) is -2.88. The molecule has 4 unspecified atom stereocenters. The molecular formula is C51H56O9. The highest BCUT2D eigenvalue weighted by molar-refractivity contribution is 6.05. The number of fused-ring (bicyclic) bond motifs is 2. The molecule has 2 aliphatic rings. The summed E-state index contributed by atoms with van der Waals surface area (Å²) in [6.07, 6.45) is 0.941. The van der Waals surface area contributed by atoms with Crippen molar-refractivity contribution in [1.29, 1.82) is 0 Å². The zero-order chi connectivity index (χ0) is 43.6. The van der Waals surface area contributed by atoms with Crippen LogP contribution in [0.1, 0.15) is 133 Å². The maximum absolute atomic E-state index is 14.2. The smallest absolute Gasteiger partial charge is 0.174 e. The molecule has 0 amide bonds. The van der Waals surface area contributed by atoms with Gasteiger partial charge >= 0.3 is 0 Å². The summed E-state index contributed by atoms with van der Waals surface area (Å²) >= 11 is 0. The van der Waals surface area contributed by atoms with Gasteiger partial charge in [-0.1, -0.05) is 77.9 Å². The fourth-order valence-corrected chi connectivity index (χ4v) is 8.31. The molecule has 5 N–H and O–H groups in total. The van der Waals surface area contributed by atoms with Gasteiger partial charge in [-0.05, 0) is 101 Å².